The summed E-state index contributed by atoms with van der Waals surface area (Å²) in [5.74, 6) is 1.59. The molecule has 0 atom stereocenters. The number of nitrogens with one attached hydrogen (secondary N) is 2. The molecule has 27 heavy (non-hydrogen) atoms. The van der Waals surface area contributed by atoms with Crippen LogP contribution in [0.4, 0.5) is 15.8 Å². The molecule has 138 valence electrons. The van der Waals surface area contributed by atoms with Crippen LogP contribution in [-0.4, -0.2) is 19.9 Å². The first-order valence-corrected chi connectivity index (χ1v) is 9.46. The SMILES string of the molecule is Fc1ccccc1NC(=S)Nc1cccc(-c2nnc3n2CCCCC3)c1. The van der Waals surface area contributed by atoms with Crippen molar-refractivity contribution >= 4 is 28.7 Å². The van der Waals surface area contributed by atoms with Crippen LogP contribution in [0.1, 0.15) is 25.1 Å². The second-order valence-electron chi connectivity index (χ2n) is 6.54. The zero-order chi connectivity index (χ0) is 18.6. The summed E-state index contributed by atoms with van der Waals surface area (Å²) in [6, 6.07) is 14.3. The lowest BCUT2D eigenvalue weighted by Gasteiger charge is -2.12. The van der Waals surface area contributed by atoms with Crippen molar-refractivity contribution in [2.24, 2.45) is 0 Å². The van der Waals surface area contributed by atoms with E-state index in [0.717, 1.165) is 48.7 Å². The number of hydrogen-bond acceptors (Lipinski definition) is 3. The van der Waals surface area contributed by atoms with Gasteiger partial charge in [0.1, 0.15) is 11.6 Å². The van der Waals surface area contributed by atoms with Crippen LogP contribution in [0.15, 0.2) is 48.5 Å². The van der Waals surface area contributed by atoms with Gasteiger partial charge in [0.2, 0.25) is 0 Å². The van der Waals surface area contributed by atoms with E-state index in [1.54, 1.807) is 18.2 Å². The molecule has 0 amide bonds. The Balaban J connectivity index is 1.52. The van der Waals surface area contributed by atoms with E-state index < -0.39 is 0 Å². The third-order valence-corrected chi connectivity index (χ3v) is 4.81. The molecule has 4 rings (SSSR count). The Morgan fingerprint density at radius 2 is 1.89 bits per heavy atom. The molecule has 5 nitrogen and oxygen atoms in total. The maximum atomic E-state index is 13.8. The molecule has 2 heterocycles. The first-order valence-electron chi connectivity index (χ1n) is 9.06. The van der Waals surface area contributed by atoms with Gasteiger partial charge < -0.3 is 15.2 Å². The van der Waals surface area contributed by atoms with E-state index in [9.17, 15) is 4.39 Å². The van der Waals surface area contributed by atoms with Crippen LogP contribution in [0.3, 0.4) is 0 Å². The van der Waals surface area contributed by atoms with E-state index in [1.807, 2.05) is 24.3 Å². The van der Waals surface area contributed by atoms with Crippen molar-refractivity contribution in [3.63, 3.8) is 0 Å². The van der Waals surface area contributed by atoms with Gasteiger partial charge in [-0.1, -0.05) is 30.7 Å². The van der Waals surface area contributed by atoms with E-state index in [0.29, 0.717) is 10.8 Å². The summed E-state index contributed by atoms with van der Waals surface area (Å²) < 4.78 is 16.0. The minimum atomic E-state index is -0.346. The average molecular weight is 381 g/mol. The number of hydrogen-bond donors (Lipinski definition) is 2. The second-order valence-corrected chi connectivity index (χ2v) is 6.95. The van der Waals surface area contributed by atoms with Crippen LogP contribution in [0.25, 0.3) is 11.4 Å². The summed E-state index contributed by atoms with van der Waals surface area (Å²) in [5.41, 5.74) is 2.13. The van der Waals surface area contributed by atoms with Gasteiger partial charge in [-0.25, -0.2) is 4.39 Å². The van der Waals surface area contributed by atoms with Gasteiger partial charge >= 0.3 is 0 Å². The topological polar surface area (TPSA) is 54.8 Å². The summed E-state index contributed by atoms with van der Waals surface area (Å²) >= 11 is 5.31. The van der Waals surface area contributed by atoms with Crippen LogP contribution in [0.5, 0.6) is 0 Å². The Bertz CT molecular complexity index is 969. The van der Waals surface area contributed by atoms with Gasteiger partial charge in [0.05, 0.1) is 5.69 Å². The van der Waals surface area contributed by atoms with Crippen molar-refractivity contribution < 1.29 is 4.39 Å². The van der Waals surface area contributed by atoms with Gasteiger partial charge in [-0.05, 0) is 49.3 Å². The van der Waals surface area contributed by atoms with Gasteiger partial charge in [-0.3, -0.25) is 0 Å². The van der Waals surface area contributed by atoms with Crippen molar-refractivity contribution in [1.82, 2.24) is 14.8 Å². The monoisotopic (exact) mass is 381 g/mol. The van der Waals surface area contributed by atoms with Crippen LogP contribution < -0.4 is 10.6 Å². The Morgan fingerprint density at radius 3 is 2.78 bits per heavy atom. The number of benzene rings is 2. The molecular weight excluding hydrogens is 361 g/mol. The number of nitrogens with zero attached hydrogens (tertiary/aromatic N) is 3. The van der Waals surface area contributed by atoms with Crippen LogP contribution in [0, 0.1) is 5.82 Å². The van der Waals surface area contributed by atoms with Gasteiger partial charge in [-0.2, -0.15) is 0 Å². The lowest BCUT2D eigenvalue weighted by molar-refractivity contribution is 0.632. The molecule has 0 spiro atoms. The largest absolute Gasteiger partial charge is 0.332 e. The van der Waals surface area contributed by atoms with Gasteiger partial charge in [0, 0.05) is 24.2 Å². The number of fused-ring (bicyclic) bond motifs is 1. The Kier molecular flexibility index (Phi) is 5.11. The molecule has 1 aromatic heterocycles. The average Bonchev–Trinajstić information content (AvgIpc) is 2.92. The van der Waals surface area contributed by atoms with Gasteiger partial charge in [0.25, 0.3) is 0 Å². The minimum Gasteiger partial charge on any atom is -0.332 e. The highest BCUT2D eigenvalue weighted by atomic mass is 32.1. The zero-order valence-electron chi connectivity index (χ0n) is 14.8. The molecule has 0 unspecified atom stereocenters. The fourth-order valence-electron chi connectivity index (χ4n) is 3.28. The van der Waals surface area contributed by atoms with Gasteiger partial charge in [0.15, 0.2) is 10.9 Å². The minimum absolute atomic E-state index is 0.331. The fraction of sp³-hybridized carbons (Fsp3) is 0.250. The van der Waals surface area contributed by atoms with E-state index in [1.165, 1.54) is 12.5 Å². The molecule has 0 radical (unpaired) electrons. The van der Waals surface area contributed by atoms with Crippen LogP contribution in [-0.2, 0) is 13.0 Å². The molecule has 1 aliphatic heterocycles. The first-order chi connectivity index (χ1) is 13.2. The number of para-hydroxylation sites is 1. The van der Waals surface area contributed by atoms with Crippen molar-refractivity contribution in [3.8, 4) is 11.4 Å². The quantitative estimate of drug-likeness (QED) is 0.649. The number of aromatic nitrogens is 3. The van der Waals surface area contributed by atoms with E-state index >= 15 is 0 Å². The fourth-order valence-corrected chi connectivity index (χ4v) is 3.51. The van der Waals surface area contributed by atoms with Crippen molar-refractivity contribution in [2.75, 3.05) is 10.6 Å². The normalized spacial score (nSPS) is 13.5. The van der Waals surface area contributed by atoms with E-state index in [-0.39, 0.29) is 5.82 Å². The Morgan fingerprint density at radius 1 is 1.00 bits per heavy atom. The van der Waals surface area contributed by atoms with E-state index in [2.05, 4.69) is 25.4 Å². The molecule has 0 fully saturated rings. The van der Waals surface area contributed by atoms with Crippen LogP contribution >= 0.6 is 12.2 Å². The number of thiocarbonyl (C=S) groups is 1. The molecule has 1 aliphatic rings. The molecule has 7 heteroatoms. The summed E-state index contributed by atoms with van der Waals surface area (Å²) in [7, 11) is 0. The van der Waals surface area contributed by atoms with Crippen LogP contribution in [0.2, 0.25) is 0 Å². The summed E-state index contributed by atoms with van der Waals surface area (Å²) in [4.78, 5) is 0. The molecule has 0 bridgehead atoms. The third kappa shape index (κ3) is 3.98. The summed E-state index contributed by atoms with van der Waals surface area (Å²) in [6.45, 7) is 0.947. The molecule has 0 saturated carbocycles. The molecule has 2 N–H and O–H groups in total. The maximum Gasteiger partial charge on any atom is 0.175 e. The number of halogens is 1. The zero-order valence-corrected chi connectivity index (χ0v) is 15.6. The predicted molar refractivity (Wildman–Crippen MR) is 109 cm³/mol. The highest BCUT2D eigenvalue weighted by Crippen LogP contribution is 2.25. The number of aryl methyl sites for hydroxylation is 1. The smallest absolute Gasteiger partial charge is 0.175 e. The maximum absolute atomic E-state index is 13.8. The molecule has 0 aliphatic carbocycles. The third-order valence-electron chi connectivity index (χ3n) is 4.61. The standard InChI is InChI=1S/C20H20FN5S/c21-16-9-3-4-10-17(16)23-20(27)22-15-8-6-7-14(13-15)19-25-24-18-11-2-1-5-12-26(18)19/h3-4,6-10,13H,1-2,5,11-12H2,(H2,22,23,27). The predicted octanol–water partition coefficient (Wildman–Crippen LogP) is 4.62. The van der Waals surface area contributed by atoms with Gasteiger partial charge in [-0.15, -0.1) is 10.2 Å². The molecule has 3 aromatic rings. The lowest BCUT2D eigenvalue weighted by atomic mass is 10.2. The van der Waals surface area contributed by atoms with Crippen molar-refractivity contribution in [2.45, 2.75) is 32.2 Å². The van der Waals surface area contributed by atoms with Crippen molar-refractivity contribution in [3.05, 3.63) is 60.2 Å². The number of anilines is 2. The highest BCUT2D eigenvalue weighted by Gasteiger charge is 2.16. The lowest BCUT2D eigenvalue weighted by Crippen LogP contribution is -2.19. The highest BCUT2D eigenvalue weighted by molar-refractivity contribution is 7.80. The summed E-state index contributed by atoms with van der Waals surface area (Å²) in [6.07, 6.45) is 4.50. The Hall–Kier alpha value is -2.80. The molecule has 0 saturated heterocycles. The molecule has 2 aromatic carbocycles. The van der Waals surface area contributed by atoms with E-state index in [4.69, 9.17) is 12.2 Å². The summed E-state index contributed by atoms with van der Waals surface area (Å²) in [5, 5.41) is 15.1. The van der Waals surface area contributed by atoms with Crippen molar-refractivity contribution in [1.29, 1.82) is 0 Å². The molecular formula is C20H20FN5S. The Labute approximate surface area is 162 Å². The number of rotatable bonds is 3. The second kappa shape index (κ2) is 7.84. The first kappa shape index (κ1) is 17.6.